The summed E-state index contributed by atoms with van der Waals surface area (Å²) in [6.45, 7) is 3.31. The number of nitrogens with one attached hydrogen (secondary N) is 1. The Balaban J connectivity index is 0.00000156. The van der Waals surface area contributed by atoms with E-state index in [0.29, 0.717) is 12.1 Å². The second kappa shape index (κ2) is 6.69. The molecule has 0 radical (unpaired) electrons. The molecule has 23 heavy (non-hydrogen) atoms. The molecule has 0 amide bonds. The molecule has 0 aliphatic carbocycles. The minimum atomic E-state index is 0. The maximum atomic E-state index is 4.79. The van der Waals surface area contributed by atoms with Gasteiger partial charge in [-0.25, -0.2) is 9.97 Å². The topological polar surface area (TPSA) is 42.7 Å². The first-order valence-corrected chi connectivity index (χ1v) is 7.93. The average Bonchev–Trinajstić information content (AvgIpc) is 3.04. The van der Waals surface area contributed by atoms with Crippen LogP contribution in [-0.2, 0) is 0 Å². The van der Waals surface area contributed by atoms with Gasteiger partial charge in [0.25, 0.3) is 0 Å². The van der Waals surface area contributed by atoms with Crippen molar-refractivity contribution in [3.8, 4) is 11.5 Å². The van der Waals surface area contributed by atoms with Crippen LogP contribution in [0.3, 0.4) is 0 Å². The Labute approximate surface area is 142 Å². The van der Waals surface area contributed by atoms with E-state index in [4.69, 9.17) is 4.98 Å². The lowest BCUT2D eigenvalue weighted by Crippen LogP contribution is -2.36. The highest BCUT2D eigenvalue weighted by molar-refractivity contribution is 5.85. The second-order valence-electron chi connectivity index (χ2n) is 6.08. The number of nitrogens with zero attached hydrogens (tertiary/aromatic N) is 3. The molecule has 0 unspecified atom stereocenters. The van der Waals surface area contributed by atoms with Gasteiger partial charge in [-0.15, -0.1) is 12.4 Å². The van der Waals surface area contributed by atoms with E-state index >= 15 is 0 Å². The molecule has 1 aliphatic rings. The number of piperidine rings is 1. The quantitative estimate of drug-likeness (QED) is 0.777. The Morgan fingerprint density at radius 1 is 1.17 bits per heavy atom. The van der Waals surface area contributed by atoms with Crippen LogP contribution >= 0.6 is 12.4 Å². The van der Waals surface area contributed by atoms with E-state index in [9.17, 15) is 0 Å². The fourth-order valence-corrected chi connectivity index (χ4v) is 3.35. The first kappa shape index (κ1) is 16.0. The molecule has 1 saturated heterocycles. The van der Waals surface area contributed by atoms with Gasteiger partial charge in [0.2, 0.25) is 0 Å². The van der Waals surface area contributed by atoms with Gasteiger partial charge in [-0.1, -0.05) is 24.3 Å². The van der Waals surface area contributed by atoms with Crippen molar-refractivity contribution in [3.05, 3.63) is 48.8 Å². The molecule has 1 aliphatic heterocycles. The summed E-state index contributed by atoms with van der Waals surface area (Å²) in [5, 5.41) is 4.67. The van der Waals surface area contributed by atoms with E-state index in [1.807, 2.05) is 18.3 Å². The van der Waals surface area contributed by atoms with Crippen LogP contribution in [0.2, 0.25) is 0 Å². The van der Waals surface area contributed by atoms with Gasteiger partial charge < -0.3 is 9.88 Å². The predicted octanol–water partition coefficient (Wildman–Crippen LogP) is 3.83. The van der Waals surface area contributed by atoms with Crippen molar-refractivity contribution < 1.29 is 0 Å². The van der Waals surface area contributed by atoms with E-state index in [-0.39, 0.29) is 12.4 Å². The smallest absolute Gasteiger partial charge is 0.158 e. The third-order valence-electron chi connectivity index (χ3n) is 4.49. The zero-order valence-electron chi connectivity index (χ0n) is 13.1. The van der Waals surface area contributed by atoms with Crippen molar-refractivity contribution in [1.82, 2.24) is 19.9 Å². The van der Waals surface area contributed by atoms with Gasteiger partial charge >= 0.3 is 0 Å². The van der Waals surface area contributed by atoms with E-state index in [1.54, 1.807) is 0 Å². The first-order chi connectivity index (χ1) is 10.8. The zero-order valence-corrected chi connectivity index (χ0v) is 14.0. The number of hydrogen-bond acceptors (Lipinski definition) is 3. The van der Waals surface area contributed by atoms with Crippen LogP contribution in [0.15, 0.2) is 48.8 Å². The van der Waals surface area contributed by atoms with Gasteiger partial charge in [0, 0.05) is 29.9 Å². The fourth-order valence-electron chi connectivity index (χ4n) is 3.35. The van der Waals surface area contributed by atoms with Crippen molar-refractivity contribution in [2.75, 3.05) is 6.54 Å². The SMILES string of the molecule is C[C@H]1C[C@H](n2ccnc2-c2ccc3ccccc3n2)CCN1.Cl. The van der Waals surface area contributed by atoms with Gasteiger partial charge in [0.05, 0.1) is 5.52 Å². The van der Waals surface area contributed by atoms with Crippen LogP contribution in [0.25, 0.3) is 22.4 Å². The Kier molecular flexibility index (Phi) is 4.64. The molecule has 0 bridgehead atoms. The number of hydrogen-bond donors (Lipinski definition) is 1. The molecule has 2 aromatic heterocycles. The number of fused-ring (bicyclic) bond motifs is 1. The maximum absolute atomic E-state index is 4.79. The van der Waals surface area contributed by atoms with Crippen molar-refractivity contribution in [3.63, 3.8) is 0 Å². The van der Waals surface area contributed by atoms with Crippen LogP contribution in [0.4, 0.5) is 0 Å². The largest absolute Gasteiger partial charge is 0.327 e. The highest BCUT2D eigenvalue weighted by Crippen LogP contribution is 2.28. The first-order valence-electron chi connectivity index (χ1n) is 7.93. The van der Waals surface area contributed by atoms with E-state index in [2.05, 4.69) is 52.3 Å². The molecular formula is C18H21ClN4. The standard InChI is InChI=1S/C18H20N4.ClH/c1-13-12-15(8-9-19-13)22-11-10-20-18(22)17-7-6-14-4-2-3-5-16(14)21-17;/h2-7,10-11,13,15,19H,8-9,12H2,1H3;1H/t13-,15+;/m0./s1. The number of para-hydroxylation sites is 1. The summed E-state index contributed by atoms with van der Waals surface area (Å²) in [5.41, 5.74) is 1.98. The third kappa shape index (κ3) is 3.09. The molecule has 3 heterocycles. The molecule has 120 valence electrons. The molecule has 0 spiro atoms. The number of halogens is 1. The average molecular weight is 329 g/mol. The number of pyridine rings is 1. The summed E-state index contributed by atoms with van der Waals surface area (Å²) in [7, 11) is 0. The van der Waals surface area contributed by atoms with Gasteiger partial charge in [-0.3, -0.25) is 0 Å². The lowest BCUT2D eigenvalue weighted by molar-refractivity contribution is 0.315. The van der Waals surface area contributed by atoms with Gasteiger partial charge in [-0.05, 0) is 38.4 Å². The lowest BCUT2D eigenvalue weighted by Gasteiger charge is -2.29. The minimum Gasteiger partial charge on any atom is -0.327 e. The maximum Gasteiger partial charge on any atom is 0.158 e. The zero-order chi connectivity index (χ0) is 14.9. The molecule has 0 saturated carbocycles. The Hall–Kier alpha value is -1.91. The predicted molar refractivity (Wildman–Crippen MR) is 95.9 cm³/mol. The molecule has 5 heteroatoms. The molecule has 3 aromatic rings. The van der Waals surface area contributed by atoms with Crippen molar-refractivity contribution >= 4 is 23.3 Å². The Morgan fingerprint density at radius 2 is 2.04 bits per heavy atom. The fraction of sp³-hybridized carbons (Fsp3) is 0.333. The summed E-state index contributed by atoms with van der Waals surface area (Å²) in [6, 6.07) is 13.5. The Morgan fingerprint density at radius 3 is 2.91 bits per heavy atom. The van der Waals surface area contributed by atoms with Gasteiger partial charge in [-0.2, -0.15) is 0 Å². The molecule has 1 N–H and O–H groups in total. The summed E-state index contributed by atoms with van der Waals surface area (Å²) in [6.07, 6.45) is 6.26. The van der Waals surface area contributed by atoms with Crippen LogP contribution in [-0.4, -0.2) is 27.1 Å². The minimum absolute atomic E-state index is 0. The second-order valence-corrected chi connectivity index (χ2v) is 6.08. The molecule has 2 atom stereocenters. The van der Waals surface area contributed by atoms with Crippen LogP contribution in [0.5, 0.6) is 0 Å². The van der Waals surface area contributed by atoms with Crippen LogP contribution in [0.1, 0.15) is 25.8 Å². The number of imidazole rings is 1. The van der Waals surface area contributed by atoms with Crippen molar-refractivity contribution in [2.24, 2.45) is 0 Å². The molecule has 1 fully saturated rings. The number of rotatable bonds is 2. The van der Waals surface area contributed by atoms with Crippen molar-refractivity contribution in [2.45, 2.75) is 31.8 Å². The summed E-state index contributed by atoms with van der Waals surface area (Å²) in [5.74, 6) is 0.977. The summed E-state index contributed by atoms with van der Waals surface area (Å²) < 4.78 is 2.30. The molecule has 4 rings (SSSR count). The molecule has 4 nitrogen and oxygen atoms in total. The molecular weight excluding hydrogens is 308 g/mol. The highest BCUT2D eigenvalue weighted by Gasteiger charge is 2.22. The third-order valence-corrected chi connectivity index (χ3v) is 4.49. The van der Waals surface area contributed by atoms with Gasteiger partial charge in [0.15, 0.2) is 5.82 Å². The van der Waals surface area contributed by atoms with Gasteiger partial charge in [0.1, 0.15) is 5.69 Å². The number of benzene rings is 1. The number of aromatic nitrogens is 3. The molecule has 1 aromatic carbocycles. The highest BCUT2D eigenvalue weighted by atomic mass is 35.5. The van der Waals surface area contributed by atoms with Crippen LogP contribution in [0, 0.1) is 0 Å². The van der Waals surface area contributed by atoms with E-state index in [1.165, 1.54) is 5.39 Å². The van der Waals surface area contributed by atoms with E-state index in [0.717, 1.165) is 36.4 Å². The van der Waals surface area contributed by atoms with Crippen molar-refractivity contribution in [1.29, 1.82) is 0 Å². The van der Waals surface area contributed by atoms with E-state index < -0.39 is 0 Å². The monoisotopic (exact) mass is 328 g/mol. The summed E-state index contributed by atoms with van der Waals surface area (Å²) in [4.78, 5) is 9.37. The van der Waals surface area contributed by atoms with Crippen LogP contribution < -0.4 is 5.32 Å². The lowest BCUT2D eigenvalue weighted by atomic mass is 10.0. The summed E-state index contributed by atoms with van der Waals surface area (Å²) >= 11 is 0. The Bertz CT molecular complexity index is 798. The normalized spacial score (nSPS) is 21.1.